The van der Waals surface area contributed by atoms with Crippen molar-refractivity contribution in [1.29, 1.82) is 0 Å². The molecule has 1 atom stereocenters. The predicted molar refractivity (Wildman–Crippen MR) is 142 cm³/mol. The summed E-state index contributed by atoms with van der Waals surface area (Å²) >= 11 is 5.96. The van der Waals surface area contributed by atoms with Crippen molar-refractivity contribution in [3.63, 3.8) is 0 Å². The lowest BCUT2D eigenvalue weighted by molar-refractivity contribution is -0.139. The first-order valence-corrected chi connectivity index (χ1v) is 13.4. The molecule has 0 aromatic heterocycles. The van der Waals surface area contributed by atoms with Crippen LogP contribution >= 0.6 is 11.6 Å². The Bertz CT molecular complexity index is 1300. The molecule has 7 nitrogen and oxygen atoms in total. The molecule has 0 saturated carbocycles. The summed E-state index contributed by atoms with van der Waals surface area (Å²) in [6.07, 6.45) is 0. The van der Waals surface area contributed by atoms with E-state index in [0.717, 1.165) is 15.4 Å². The highest BCUT2D eigenvalue weighted by molar-refractivity contribution is 7.92. The monoisotopic (exact) mass is 527 g/mol. The molecule has 1 N–H and O–H groups in total. The van der Waals surface area contributed by atoms with E-state index in [-0.39, 0.29) is 17.3 Å². The third-order valence-corrected chi connectivity index (χ3v) is 7.72. The first-order chi connectivity index (χ1) is 17.1. The van der Waals surface area contributed by atoms with E-state index in [1.54, 1.807) is 44.2 Å². The smallest absolute Gasteiger partial charge is 0.264 e. The molecular weight excluding hydrogens is 498 g/mol. The number of rotatable bonds is 10. The molecule has 3 aromatic carbocycles. The highest BCUT2D eigenvalue weighted by Gasteiger charge is 2.32. The van der Waals surface area contributed by atoms with Crippen LogP contribution in [-0.2, 0) is 26.2 Å². The van der Waals surface area contributed by atoms with Crippen LogP contribution in [0.25, 0.3) is 0 Å². The molecule has 0 fully saturated rings. The van der Waals surface area contributed by atoms with Gasteiger partial charge in [0.05, 0.1) is 10.6 Å². The average Bonchev–Trinajstić information content (AvgIpc) is 2.86. The van der Waals surface area contributed by atoms with E-state index in [0.29, 0.717) is 17.3 Å². The Morgan fingerprint density at radius 1 is 0.972 bits per heavy atom. The number of amides is 2. The standard InChI is InChI=1S/C27H30ClN3O4S/c1-4-29-27(33)21(3)30(18-22-10-8-9-20(2)17-22)26(32)19-31(24-11-6-5-7-12-24)36(34,35)25-15-13-23(28)14-16-25/h5-17,21H,4,18-19H2,1-3H3,(H,29,33). The minimum Gasteiger partial charge on any atom is -0.355 e. The number of nitrogens with zero attached hydrogens (tertiary/aromatic N) is 2. The lowest BCUT2D eigenvalue weighted by Crippen LogP contribution is -2.51. The van der Waals surface area contributed by atoms with Gasteiger partial charge in [0.2, 0.25) is 11.8 Å². The van der Waals surface area contributed by atoms with Crippen LogP contribution in [0.2, 0.25) is 5.02 Å². The Kier molecular flexibility index (Phi) is 9.12. The van der Waals surface area contributed by atoms with Crippen LogP contribution in [0, 0.1) is 6.92 Å². The van der Waals surface area contributed by atoms with Crippen LogP contribution in [-0.4, -0.2) is 44.3 Å². The second kappa shape index (κ2) is 12.1. The molecule has 0 bridgehead atoms. The number of carbonyl (C=O) groups excluding carboxylic acids is 2. The van der Waals surface area contributed by atoms with Gasteiger partial charge in [-0.2, -0.15) is 0 Å². The summed E-state index contributed by atoms with van der Waals surface area (Å²) in [7, 11) is -4.11. The minimum absolute atomic E-state index is 0.00515. The van der Waals surface area contributed by atoms with Gasteiger partial charge < -0.3 is 10.2 Å². The molecule has 0 heterocycles. The molecule has 0 spiro atoms. The van der Waals surface area contributed by atoms with Gasteiger partial charge in [0.25, 0.3) is 10.0 Å². The average molecular weight is 528 g/mol. The number of carbonyl (C=O) groups is 2. The van der Waals surface area contributed by atoms with E-state index in [1.165, 1.54) is 29.2 Å². The Hall–Kier alpha value is -3.36. The third-order valence-electron chi connectivity index (χ3n) is 5.68. The number of para-hydroxylation sites is 1. The van der Waals surface area contributed by atoms with Crippen molar-refractivity contribution in [2.24, 2.45) is 0 Å². The molecule has 0 aliphatic carbocycles. The maximum absolute atomic E-state index is 13.7. The molecule has 0 aliphatic heterocycles. The fourth-order valence-corrected chi connectivity index (χ4v) is 5.31. The molecule has 0 saturated heterocycles. The van der Waals surface area contributed by atoms with E-state index < -0.39 is 28.5 Å². The molecule has 3 rings (SSSR count). The van der Waals surface area contributed by atoms with Crippen LogP contribution < -0.4 is 9.62 Å². The van der Waals surface area contributed by atoms with Gasteiger partial charge in [0, 0.05) is 18.1 Å². The fraction of sp³-hybridized carbons (Fsp3) is 0.259. The zero-order valence-electron chi connectivity index (χ0n) is 20.5. The quantitative estimate of drug-likeness (QED) is 0.423. The number of benzene rings is 3. The second-order valence-electron chi connectivity index (χ2n) is 8.38. The van der Waals surface area contributed by atoms with E-state index in [2.05, 4.69) is 5.32 Å². The maximum atomic E-state index is 13.7. The van der Waals surface area contributed by atoms with Gasteiger partial charge in [-0.3, -0.25) is 13.9 Å². The van der Waals surface area contributed by atoms with E-state index >= 15 is 0 Å². The molecule has 0 aliphatic rings. The molecule has 9 heteroatoms. The highest BCUT2D eigenvalue weighted by atomic mass is 35.5. The predicted octanol–water partition coefficient (Wildman–Crippen LogP) is 4.40. The zero-order chi connectivity index (χ0) is 26.3. The number of hydrogen-bond acceptors (Lipinski definition) is 4. The van der Waals surface area contributed by atoms with Gasteiger partial charge >= 0.3 is 0 Å². The lowest BCUT2D eigenvalue weighted by atomic mass is 10.1. The Morgan fingerprint density at radius 2 is 1.64 bits per heavy atom. The molecule has 1 unspecified atom stereocenters. The van der Waals surface area contributed by atoms with E-state index in [9.17, 15) is 18.0 Å². The number of anilines is 1. The fourth-order valence-electron chi connectivity index (χ4n) is 3.77. The number of halogens is 1. The number of likely N-dealkylation sites (N-methyl/N-ethyl adjacent to an activating group) is 1. The van der Waals surface area contributed by atoms with Crippen molar-refractivity contribution in [1.82, 2.24) is 10.2 Å². The van der Waals surface area contributed by atoms with Crippen molar-refractivity contribution in [2.45, 2.75) is 38.3 Å². The maximum Gasteiger partial charge on any atom is 0.264 e. The number of aryl methyl sites for hydroxylation is 1. The summed E-state index contributed by atoms with van der Waals surface area (Å²) in [5, 5.41) is 3.15. The lowest BCUT2D eigenvalue weighted by Gasteiger charge is -2.32. The first-order valence-electron chi connectivity index (χ1n) is 11.6. The van der Waals surface area contributed by atoms with Gasteiger partial charge in [-0.05, 0) is 62.7 Å². The van der Waals surface area contributed by atoms with Crippen LogP contribution in [0.4, 0.5) is 5.69 Å². The molecule has 0 radical (unpaired) electrons. The summed E-state index contributed by atoms with van der Waals surface area (Å²) in [4.78, 5) is 27.8. The largest absolute Gasteiger partial charge is 0.355 e. The summed E-state index contributed by atoms with van der Waals surface area (Å²) in [6, 6.07) is 21.0. The summed E-state index contributed by atoms with van der Waals surface area (Å²) in [5.41, 5.74) is 2.19. The number of hydrogen-bond donors (Lipinski definition) is 1. The molecule has 2 amide bonds. The Balaban J connectivity index is 2.00. The topological polar surface area (TPSA) is 86.8 Å². The van der Waals surface area contributed by atoms with Crippen LogP contribution in [0.1, 0.15) is 25.0 Å². The highest BCUT2D eigenvalue weighted by Crippen LogP contribution is 2.25. The van der Waals surface area contributed by atoms with Crippen molar-refractivity contribution in [2.75, 3.05) is 17.4 Å². The van der Waals surface area contributed by atoms with Crippen molar-refractivity contribution in [3.8, 4) is 0 Å². The van der Waals surface area contributed by atoms with Gasteiger partial charge in [-0.25, -0.2) is 8.42 Å². The Labute approximate surface area is 217 Å². The number of nitrogens with one attached hydrogen (secondary N) is 1. The SMILES string of the molecule is CCNC(=O)C(C)N(Cc1cccc(C)c1)C(=O)CN(c1ccccc1)S(=O)(=O)c1ccc(Cl)cc1. The first kappa shape index (κ1) is 27.2. The van der Waals surface area contributed by atoms with Gasteiger partial charge in [-0.15, -0.1) is 0 Å². The van der Waals surface area contributed by atoms with Crippen molar-refractivity contribution < 1.29 is 18.0 Å². The van der Waals surface area contributed by atoms with Crippen LogP contribution in [0.5, 0.6) is 0 Å². The van der Waals surface area contributed by atoms with E-state index in [4.69, 9.17) is 11.6 Å². The third kappa shape index (κ3) is 6.65. The van der Waals surface area contributed by atoms with Gasteiger partial charge in [0.1, 0.15) is 12.6 Å². The second-order valence-corrected chi connectivity index (χ2v) is 10.7. The molecule has 3 aromatic rings. The van der Waals surface area contributed by atoms with Gasteiger partial charge in [0.15, 0.2) is 0 Å². The van der Waals surface area contributed by atoms with Crippen molar-refractivity contribution >= 4 is 39.1 Å². The molecule has 190 valence electrons. The molecule has 36 heavy (non-hydrogen) atoms. The van der Waals surface area contributed by atoms with Gasteiger partial charge in [-0.1, -0.05) is 59.6 Å². The summed E-state index contributed by atoms with van der Waals surface area (Å²) in [6.45, 7) is 5.47. The summed E-state index contributed by atoms with van der Waals surface area (Å²) in [5.74, 6) is -0.818. The summed E-state index contributed by atoms with van der Waals surface area (Å²) < 4.78 is 28.4. The minimum atomic E-state index is -4.11. The van der Waals surface area contributed by atoms with Crippen molar-refractivity contribution in [3.05, 3.63) is 95.0 Å². The van der Waals surface area contributed by atoms with E-state index in [1.807, 2.05) is 31.2 Å². The number of sulfonamides is 1. The normalized spacial score (nSPS) is 12.0. The molecular formula is C27H30ClN3O4S. The van der Waals surface area contributed by atoms with Crippen LogP contribution in [0.15, 0.2) is 83.8 Å². The zero-order valence-corrected chi connectivity index (χ0v) is 22.1. The Morgan fingerprint density at radius 3 is 2.25 bits per heavy atom. The van der Waals surface area contributed by atoms with Crippen LogP contribution in [0.3, 0.4) is 0 Å².